The first-order valence-electron chi connectivity index (χ1n) is 9.48. The predicted octanol–water partition coefficient (Wildman–Crippen LogP) is 1.52. The molecule has 0 saturated carbocycles. The van der Waals surface area contributed by atoms with E-state index in [1.54, 1.807) is 0 Å². The van der Waals surface area contributed by atoms with Crippen molar-refractivity contribution in [2.24, 2.45) is 0 Å². The molecule has 2 aromatic rings. The van der Waals surface area contributed by atoms with Gasteiger partial charge in [-0.2, -0.15) is 10.1 Å². The number of H-pyrrole nitrogens is 1. The quantitative estimate of drug-likeness (QED) is 0.873. The Balaban J connectivity index is 1.40. The fourth-order valence-corrected chi connectivity index (χ4v) is 3.82. The highest BCUT2D eigenvalue weighted by atomic mass is 16.4. The first-order valence-corrected chi connectivity index (χ1v) is 9.48. The van der Waals surface area contributed by atoms with Crippen molar-refractivity contribution in [2.75, 3.05) is 44.2 Å². The van der Waals surface area contributed by atoms with E-state index in [1.807, 2.05) is 11.0 Å². The minimum atomic E-state index is -0.00964. The molecule has 1 N–H and O–H groups in total. The van der Waals surface area contributed by atoms with Gasteiger partial charge in [0, 0.05) is 44.7 Å². The Bertz CT molecular complexity index is 727. The van der Waals surface area contributed by atoms with Crippen LogP contribution in [0.1, 0.15) is 41.6 Å². The second kappa shape index (κ2) is 7.49. The van der Waals surface area contributed by atoms with E-state index in [4.69, 9.17) is 4.42 Å². The average Bonchev–Trinajstić information content (AvgIpc) is 3.43. The Morgan fingerprint density at radius 2 is 1.96 bits per heavy atom. The molecule has 4 heterocycles. The minimum Gasteiger partial charge on any atom is -0.456 e. The number of furan rings is 1. The summed E-state index contributed by atoms with van der Waals surface area (Å²) < 4.78 is 5.93. The summed E-state index contributed by atoms with van der Waals surface area (Å²) in [6.07, 6.45) is 4.85. The Morgan fingerprint density at radius 3 is 2.62 bits per heavy atom. The molecule has 2 aliphatic heterocycles. The molecule has 2 aromatic heterocycles. The summed E-state index contributed by atoms with van der Waals surface area (Å²) >= 11 is 0. The van der Waals surface area contributed by atoms with E-state index in [0.29, 0.717) is 18.8 Å². The average molecular weight is 358 g/mol. The van der Waals surface area contributed by atoms with E-state index < -0.39 is 0 Å². The fraction of sp³-hybridized carbons (Fsp3) is 0.611. The van der Waals surface area contributed by atoms with Crippen molar-refractivity contribution < 1.29 is 9.21 Å². The van der Waals surface area contributed by atoms with Crippen molar-refractivity contribution in [1.82, 2.24) is 25.0 Å². The number of carbonyl (C=O) groups is 1. The monoisotopic (exact) mass is 358 g/mol. The van der Waals surface area contributed by atoms with Crippen molar-refractivity contribution in [3.05, 3.63) is 29.5 Å². The molecule has 8 nitrogen and oxygen atoms in total. The van der Waals surface area contributed by atoms with Crippen LogP contribution in [0.2, 0.25) is 0 Å². The van der Waals surface area contributed by atoms with Gasteiger partial charge in [-0.1, -0.05) is 6.92 Å². The molecule has 4 rings (SSSR count). The first-order chi connectivity index (χ1) is 12.7. The molecule has 2 fully saturated rings. The zero-order chi connectivity index (χ0) is 17.9. The number of aryl methyl sites for hydroxylation is 1. The highest BCUT2D eigenvalue weighted by molar-refractivity contribution is 5.92. The number of piperazine rings is 1. The summed E-state index contributed by atoms with van der Waals surface area (Å²) in [4.78, 5) is 23.5. The summed E-state index contributed by atoms with van der Waals surface area (Å²) in [7, 11) is 0. The molecular weight excluding hydrogens is 332 g/mol. The molecule has 0 spiro atoms. The van der Waals surface area contributed by atoms with Crippen LogP contribution in [0.5, 0.6) is 0 Å². The van der Waals surface area contributed by atoms with Crippen LogP contribution < -0.4 is 4.90 Å². The molecule has 0 radical (unpaired) electrons. The van der Waals surface area contributed by atoms with Gasteiger partial charge in [0.15, 0.2) is 5.76 Å². The number of hydrogen-bond donors (Lipinski definition) is 1. The number of amides is 1. The molecule has 0 unspecified atom stereocenters. The number of likely N-dealkylation sites (tertiary alicyclic amines) is 1. The number of aromatic amines is 1. The van der Waals surface area contributed by atoms with Crippen molar-refractivity contribution in [2.45, 2.75) is 32.7 Å². The van der Waals surface area contributed by atoms with Gasteiger partial charge in [-0.05, 0) is 32.0 Å². The lowest BCUT2D eigenvalue weighted by atomic mass is 10.2. The topological polar surface area (TPSA) is 81.5 Å². The van der Waals surface area contributed by atoms with E-state index in [-0.39, 0.29) is 5.91 Å². The number of aromatic nitrogens is 3. The number of nitrogens with zero attached hydrogens (tertiary/aromatic N) is 5. The summed E-state index contributed by atoms with van der Waals surface area (Å²) in [6, 6.07) is 1.96. The Morgan fingerprint density at radius 1 is 1.19 bits per heavy atom. The normalized spacial score (nSPS) is 18.7. The molecule has 0 aromatic carbocycles. The van der Waals surface area contributed by atoms with Gasteiger partial charge in [-0.3, -0.25) is 9.69 Å². The maximum atomic E-state index is 12.9. The van der Waals surface area contributed by atoms with Crippen molar-refractivity contribution >= 4 is 11.9 Å². The number of nitrogens with one attached hydrogen (secondary N) is 1. The van der Waals surface area contributed by atoms with E-state index in [2.05, 4.69) is 31.9 Å². The van der Waals surface area contributed by atoms with Gasteiger partial charge in [-0.15, -0.1) is 0 Å². The summed E-state index contributed by atoms with van der Waals surface area (Å²) in [5.41, 5.74) is 1.16. The van der Waals surface area contributed by atoms with E-state index in [0.717, 1.165) is 56.4 Å². The molecule has 140 valence electrons. The smallest absolute Gasteiger partial charge is 0.289 e. The van der Waals surface area contributed by atoms with E-state index in [9.17, 15) is 4.79 Å². The van der Waals surface area contributed by atoms with Gasteiger partial charge in [0.1, 0.15) is 12.1 Å². The van der Waals surface area contributed by atoms with Crippen LogP contribution >= 0.6 is 0 Å². The van der Waals surface area contributed by atoms with Gasteiger partial charge in [0.05, 0.1) is 0 Å². The van der Waals surface area contributed by atoms with Crippen molar-refractivity contribution in [3.63, 3.8) is 0 Å². The second-order valence-corrected chi connectivity index (χ2v) is 6.98. The fourth-order valence-electron chi connectivity index (χ4n) is 3.82. The molecule has 0 bridgehead atoms. The molecule has 8 heteroatoms. The van der Waals surface area contributed by atoms with Gasteiger partial charge in [-0.25, -0.2) is 5.10 Å². The highest BCUT2D eigenvalue weighted by Crippen LogP contribution is 2.22. The zero-order valence-corrected chi connectivity index (χ0v) is 15.3. The maximum Gasteiger partial charge on any atom is 0.289 e. The maximum absolute atomic E-state index is 12.9. The van der Waals surface area contributed by atoms with Gasteiger partial charge in [0.25, 0.3) is 5.91 Å². The highest BCUT2D eigenvalue weighted by Gasteiger charge is 2.27. The third-order valence-corrected chi connectivity index (χ3v) is 5.29. The lowest BCUT2D eigenvalue weighted by molar-refractivity contribution is 0.0712. The Hall–Kier alpha value is -2.35. The Labute approximate surface area is 153 Å². The van der Waals surface area contributed by atoms with Crippen LogP contribution in [0.4, 0.5) is 5.95 Å². The number of carbonyl (C=O) groups excluding carboxylic acids is 1. The molecule has 0 atom stereocenters. The molecule has 0 aliphatic carbocycles. The third-order valence-electron chi connectivity index (χ3n) is 5.29. The van der Waals surface area contributed by atoms with Gasteiger partial charge < -0.3 is 14.2 Å². The first kappa shape index (κ1) is 17.1. The summed E-state index contributed by atoms with van der Waals surface area (Å²) in [5, 5.41) is 6.76. The summed E-state index contributed by atoms with van der Waals surface area (Å²) in [5.74, 6) is 2.17. The van der Waals surface area contributed by atoms with Crippen LogP contribution in [-0.2, 0) is 13.0 Å². The number of anilines is 1. The molecule has 2 saturated heterocycles. The molecule has 1 amide bonds. The van der Waals surface area contributed by atoms with E-state index in [1.165, 1.54) is 19.2 Å². The number of rotatable bonds is 5. The van der Waals surface area contributed by atoms with Crippen LogP contribution in [0.25, 0.3) is 0 Å². The SMILES string of the molecule is CCc1oc(C(=O)N2CCN(c3ncn[nH]3)CC2)cc1CN1CCCC1. The van der Waals surface area contributed by atoms with Crippen LogP contribution in [0.15, 0.2) is 16.8 Å². The van der Waals surface area contributed by atoms with Crippen molar-refractivity contribution in [3.8, 4) is 0 Å². The molecular formula is C18H26N6O2. The van der Waals surface area contributed by atoms with Gasteiger partial charge >= 0.3 is 0 Å². The second-order valence-electron chi connectivity index (χ2n) is 6.98. The van der Waals surface area contributed by atoms with Crippen LogP contribution in [-0.4, -0.2) is 70.2 Å². The van der Waals surface area contributed by atoms with Gasteiger partial charge in [0.2, 0.25) is 5.95 Å². The van der Waals surface area contributed by atoms with Crippen LogP contribution in [0.3, 0.4) is 0 Å². The number of hydrogen-bond acceptors (Lipinski definition) is 6. The van der Waals surface area contributed by atoms with Crippen LogP contribution in [0, 0.1) is 0 Å². The predicted molar refractivity (Wildman–Crippen MR) is 97.1 cm³/mol. The standard InChI is InChI=1S/C18H26N6O2/c1-2-15-14(12-22-5-3-4-6-22)11-16(26-15)17(25)23-7-9-24(10-8-23)18-19-13-20-21-18/h11,13H,2-10,12H2,1H3,(H,19,20,21). The summed E-state index contributed by atoms with van der Waals surface area (Å²) in [6.45, 7) is 8.04. The van der Waals surface area contributed by atoms with Crippen molar-refractivity contribution in [1.29, 1.82) is 0 Å². The van der Waals surface area contributed by atoms with E-state index >= 15 is 0 Å². The lowest BCUT2D eigenvalue weighted by Crippen LogP contribution is -2.49. The largest absolute Gasteiger partial charge is 0.456 e. The zero-order valence-electron chi connectivity index (χ0n) is 15.3. The molecule has 2 aliphatic rings. The Kier molecular flexibility index (Phi) is 4.92. The molecule has 26 heavy (non-hydrogen) atoms. The third kappa shape index (κ3) is 3.46. The lowest BCUT2D eigenvalue weighted by Gasteiger charge is -2.33. The minimum absolute atomic E-state index is 0.00964.